The minimum Gasteiger partial charge on any atom is -0.462 e. The molecule has 0 aliphatic carbocycles. The summed E-state index contributed by atoms with van der Waals surface area (Å²) in [4.78, 5) is 25.4. The third kappa shape index (κ3) is 50.7. The quantitative estimate of drug-likeness (QED) is 0.0346. The maximum absolute atomic E-state index is 12.8. The number of carbonyl (C=O) groups is 2. The minimum atomic E-state index is -0.603. The molecule has 0 N–H and O–H groups in total. The van der Waals surface area contributed by atoms with Crippen molar-refractivity contribution in [2.45, 2.75) is 207 Å². The number of hydrogen-bond donors (Lipinski definition) is 0. The summed E-state index contributed by atoms with van der Waals surface area (Å²) in [5.74, 6) is -0.496. The molecule has 5 heteroatoms. The third-order valence-corrected chi connectivity index (χ3v) is 10.2. The first-order valence-electron chi connectivity index (χ1n) is 25.7. The van der Waals surface area contributed by atoms with Crippen LogP contribution in [0.5, 0.6) is 0 Å². The van der Waals surface area contributed by atoms with E-state index in [1.54, 1.807) is 0 Å². The zero-order chi connectivity index (χ0) is 46.3. The molecule has 0 fully saturated rings. The van der Waals surface area contributed by atoms with Gasteiger partial charge in [0.05, 0.1) is 13.2 Å². The van der Waals surface area contributed by atoms with Crippen molar-refractivity contribution in [1.29, 1.82) is 0 Å². The van der Waals surface area contributed by atoms with Gasteiger partial charge in [-0.15, -0.1) is 0 Å². The van der Waals surface area contributed by atoms with Gasteiger partial charge in [0, 0.05) is 12.8 Å². The number of carbonyl (C=O) groups excluding carboxylic acids is 2. The second kappa shape index (κ2) is 53.4. The molecule has 360 valence electrons. The number of rotatable bonds is 45. The molecular formula is C59H94O5. The lowest BCUT2D eigenvalue weighted by atomic mass is 10.1. The van der Waals surface area contributed by atoms with Crippen LogP contribution in [0.1, 0.15) is 201 Å². The van der Waals surface area contributed by atoms with Gasteiger partial charge in [0.25, 0.3) is 0 Å². The average Bonchev–Trinajstić information content (AvgIpc) is 3.30. The Hall–Kier alpha value is -3.96. The number of esters is 2. The second-order valence-electron chi connectivity index (χ2n) is 16.3. The van der Waals surface area contributed by atoms with Crippen LogP contribution in [0.3, 0.4) is 0 Å². The zero-order valence-electron chi connectivity index (χ0n) is 41.2. The van der Waals surface area contributed by atoms with Crippen molar-refractivity contribution in [3.05, 3.63) is 134 Å². The predicted octanol–water partition coefficient (Wildman–Crippen LogP) is 17.6. The van der Waals surface area contributed by atoms with Crippen LogP contribution in [0.4, 0.5) is 0 Å². The van der Waals surface area contributed by atoms with Gasteiger partial charge in [0.15, 0.2) is 6.10 Å². The summed E-state index contributed by atoms with van der Waals surface area (Å²) >= 11 is 0. The predicted molar refractivity (Wildman–Crippen MR) is 278 cm³/mol. The van der Waals surface area contributed by atoms with Crippen molar-refractivity contribution in [2.24, 2.45) is 0 Å². The van der Waals surface area contributed by atoms with E-state index in [0.29, 0.717) is 19.4 Å². The van der Waals surface area contributed by atoms with Gasteiger partial charge in [0.1, 0.15) is 6.61 Å². The first kappa shape index (κ1) is 60.0. The van der Waals surface area contributed by atoms with Gasteiger partial charge >= 0.3 is 11.9 Å². The highest BCUT2D eigenvalue weighted by Gasteiger charge is 2.17. The fourth-order valence-corrected chi connectivity index (χ4v) is 6.42. The second-order valence-corrected chi connectivity index (χ2v) is 16.3. The third-order valence-electron chi connectivity index (χ3n) is 10.2. The van der Waals surface area contributed by atoms with Crippen LogP contribution in [0, 0.1) is 0 Å². The molecule has 0 heterocycles. The van der Waals surface area contributed by atoms with E-state index in [1.165, 1.54) is 44.9 Å². The van der Waals surface area contributed by atoms with Gasteiger partial charge in [-0.1, -0.05) is 199 Å². The largest absolute Gasteiger partial charge is 0.462 e. The lowest BCUT2D eigenvalue weighted by Crippen LogP contribution is -2.30. The zero-order valence-corrected chi connectivity index (χ0v) is 41.2. The molecule has 0 aliphatic rings. The number of allylic oxidation sites excluding steroid dienone is 21. The Bertz CT molecular complexity index is 1370. The molecule has 5 nitrogen and oxygen atoms in total. The van der Waals surface area contributed by atoms with E-state index >= 15 is 0 Å². The van der Waals surface area contributed by atoms with Gasteiger partial charge in [-0.25, -0.2) is 0 Å². The molecule has 0 rings (SSSR count). The molecule has 0 radical (unpaired) electrons. The van der Waals surface area contributed by atoms with E-state index in [2.05, 4.69) is 154 Å². The van der Waals surface area contributed by atoms with Crippen LogP contribution in [-0.4, -0.2) is 37.9 Å². The highest BCUT2D eigenvalue weighted by molar-refractivity contribution is 5.70. The van der Waals surface area contributed by atoms with E-state index < -0.39 is 6.10 Å². The molecule has 1 atom stereocenters. The van der Waals surface area contributed by atoms with Crippen molar-refractivity contribution in [3.63, 3.8) is 0 Å². The van der Waals surface area contributed by atoms with E-state index in [1.807, 2.05) is 0 Å². The van der Waals surface area contributed by atoms with Gasteiger partial charge in [-0.2, -0.15) is 0 Å². The van der Waals surface area contributed by atoms with Crippen molar-refractivity contribution in [2.75, 3.05) is 19.8 Å². The number of ether oxygens (including phenoxy) is 3. The molecule has 1 unspecified atom stereocenters. The summed E-state index contributed by atoms with van der Waals surface area (Å²) in [6.45, 7) is 7.31. The lowest BCUT2D eigenvalue weighted by Gasteiger charge is -2.18. The minimum absolute atomic E-state index is 0.0262. The fourth-order valence-electron chi connectivity index (χ4n) is 6.42. The smallest absolute Gasteiger partial charge is 0.306 e. The molecule has 0 amide bonds. The van der Waals surface area contributed by atoms with Crippen molar-refractivity contribution in [3.8, 4) is 0 Å². The Kier molecular flexibility index (Phi) is 50.1. The maximum Gasteiger partial charge on any atom is 0.306 e. The van der Waals surface area contributed by atoms with Gasteiger partial charge < -0.3 is 14.2 Å². The molecule has 0 aromatic heterocycles. The molecule has 64 heavy (non-hydrogen) atoms. The summed E-state index contributed by atoms with van der Waals surface area (Å²) in [5.41, 5.74) is 0. The summed E-state index contributed by atoms with van der Waals surface area (Å²) in [6, 6.07) is 0. The van der Waals surface area contributed by atoms with E-state index in [0.717, 1.165) is 122 Å². The summed E-state index contributed by atoms with van der Waals surface area (Å²) in [6.07, 6.45) is 76.2. The van der Waals surface area contributed by atoms with E-state index in [9.17, 15) is 9.59 Å². The molecule has 0 spiro atoms. The average molecular weight is 883 g/mol. The monoisotopic (exact) mass is 883 g/mol. The van der Waals surface area contributed by atoms with Crippen molar-refractivity contribution in [1.82, 2.24) is 0 Å². The number of unbranched alkanes of at least 4 members (excludes halogenated alkanes) is 12. The summed E-state index contributed by atoms with van der Waals surface area (Å²) in [5, 5.41) is 0. The SMILES string of the molecule is CC/C=C\C/C=C\C/C=C\C/C=C\C/C=C\CCCCCC(=O)OCC(COCC/C=C\C/C=C\C/C=C\C/C=C\C/C=C\CC)OC(=O)CCCCCCC/C=C\CCCCCC. The Labute approximate surface area is 394 Å². The first-order chi connectivity index (χ1) is 31.6. The maximum atomic E-state index is 12.8. The topological polar surface area (TPSA) is 61.8 Å². The highest BCUT2D eigenvalue weighted by atomic mass is 16.6. The van der Waals surface area contributed by atoms with Gasteiger partial charge in [-0.05, 0) is 122 Å². The standard InChI is InChI=1S/C59H94O5/c1-4-7-10-13-16-19-22-25-27-29-30-31-32-35-37-40-43-46-49-52-58(60)63-56-57(64-59(61)53-50-47-44-41-38-34-24-21-18-15-12-9-6-3)55-62-54-51-48-45-42-39-36-33-28-26-23-20-17-14-11-8-5-2/h7-8,10-11,16-17,19-21,24-28,30-31,35-37,39,45,48,57H,4-6,9,12-15,18,22-23,29,32-34,38,40-44,46-47,49-56H2,1-3H3/b10-7-,11-8-,19-16-,20-17-,24-21-,27-25-,28-26-,31-30-,37-35-,39-36-,48-45-. The lowest BCUT2D eigenvalue weighted by molar-refractivity contribution is -0.162. The van der Waals surface area contributed by atoms with E-state index in [-0.39, 0.29) is 25.2 Å². The Balaban J connectivity index is 4.47. The van der Waals surface area contributed by atoms with E-state index in [4.69, 9.17) is 14.2 Å². The van der Waals surface area contributed by atoms with Gasteiger partial charge in [0.2, 0.25) is 0 Å². The Morgan fingerprint density at radius 1 is 0.359 bits per heavy atom. The Morgan fingerprint density at radius 3 is 1.16 bits per heavy atom. The number of hydrogen-bond acceptors (Lipinski definition) is 5. The van der Waals surface area contributed by atoms with Crippen LogP contribution in [0.2, 0.25) is 0 Å². The Morgan fingerprint density at radius 2 is 0.703 bits per heavy atom. The summed E-state index contributed by atoms with van der Waals surface area (Å²) in [7, 11) is 0. The molecular weight excluding hydrogens is 789 g/mol. The fraction of sp³-hybridized carbons (Fsp3) is 0.593. The first-order valence-corrected chi connectivity index (χ1v) is 25.7. The van der Waals surface area contributed by atoms with Crippen molar-refractivity contribution < 1.29 is 23.8 Å². The van der Waals surface area contributed by atoms with Crippen LogP contribution >= 0.6 is 0 Å². The molecule has 0 bridgehead atoms. The molecule has 0 aliphatic heterocycles. The molecule has 0 saturated carbocycles. The van der Waals surface area contributed by atoms with Crippen LogP contribution < -0.4 is 0 Å². The molecule has 0 aromatic carbocycles. The normalized spacial score (nSPS) is 13.4. The van der Waals surface area contributed by atoms with Gasteiger partial charge in [-0.3, -0.25) is 9.59 Å². The highest BCUT2D eigenvalue weighted by Crippen LogP contribution is 2.12. The molecule has 0 aromatic rings. The van der Waals surface area contributed by atoms with Crippen LogP contribution in [-0.2, 0) is 23.8 Å². The molecule has 0 saturated heterocycles. The summed E-state index contributed by atoms with van der Waals surface area (Å²) < 4.78 is 17.3. The van der Waals surface area contributed by atoms with Crippen LogP contribution in [0.25, 0.3) is 0 Å². The van der Waals surface area contributed by atoms with Crippen LogP contribution in [0.15, 0.2) is 134 Å². The van der Waals surface area contributed by atoms with Crippen molar-refractivity contribution >= 4 is 11.9 Å².